The number of hydrogen-bond donors (Lipinski definition) is 5. The van der Waals surface area contributed by atoms with E-state index in [1.165, 1.54) is 6.33 Å². The number of hydrogen-bond acceptors (Lipinski definition) is 11. The van der Waals surface area contributed by atoms with Gasteiger partial charge in [0.05, 0.1) is 23.7 Å². The quantitative estimate of drug-likeness (QED) is 0.184. The van der Waals surface area contributed by atoms with Crippen molar-refractivity contribution in [1.29, 1.82) is 0 Å². The molecule has 0 radical (unpaired) electrons. The van der Waals surface area contributed by atoms with E-state index in [4.69, 9.17) is 29.5 Å². The molecule has 0 aliphatic carbocycles. The van der Waals surface area contributed by atoms with Crippen LogP contribution in [0.4, 0.5) is 5.82 Å². The summed E-state index contributed by atoms with van der Waals surface area (Å²) in [6.07, 6.45) is 1.53. The van der Waals surface area contributed by atoms with E-state index in [1.54, 1.807) is 10.8 Å². The van der Waals surface area contributed by atoms with Crippen LogP contribution in [0.3, 0.4) is 0 Å². The summed E-state index contributed by atoms with van der Waals surface area (Å²) >= 11 is 0. The molecule has 0 bridgehead atoms. The molecule has 1 aliphatic rings. The Morgan fingerprint density at radius 2 is 1.89 bits per heavy atom. The first kappa shape index (κ1) is 30.8. The van der Waals surface area contributed by atoms with E-state index in [0.717, 1.165) is 0 Å². The SMILES string of the molecule is CCC#Cc1cn([C@H]2CC(OCC(C)C)[C@@H](COP(=O)(O)OP(=O)(O)OP(=O)(O)O)O2)c2ncnc(N)c12. The lowest BCUT2D eigenvalue weighted by molar-refractivity contribution is -0.0629. The molecule has 1 saturated heterocycles. The maximum atomic E-state index is 12.2. The predicted octanol–water partition coefficient (Wildman–Crippen LogP) is 2.45. The highest BCUT2D eigenvalue weighted by Crippen LogP contribution is 2.66. The number of rotatable bonds is 11. The fourth-order valence-electron chi connectivity index (χ4n) is 3.59. The Morgan fingerprint density at radius 3 is 2.53 bits per heavy atom. The van der Waals surface area contributed by atoms with Gasteiger partial charge in [-0.25, -0.2) is 23.7 Å². The van der Waals surface area contributed by atoms with Crippen molar-refractivity contribution < 1.29 is 55.9 Å². The Kier molecular flexibility index (Phi) is 9.92. The number of ether oxygens (including phenoxy) is 2. The van der Waals surface area contributed by atoms with E-state index in [-0.39, 0.29) is 18.2 Å². The molecule has 0 aromatic carbocycles. The van der Waals surface area contributed by atoms with Gasteiger partial charge in [0.1, 0.15) is 30.1 Å². The van der Waals surface area contributed by atoms with Crippen molar-refractivity contribution in [3.8, 4) is 11.8 Å². The monoisotopic (exact) mass is 598 g/mol. The van der Waals surface area contributed by atoms with Gasteiger partial charge in [-0.15, -0.1) is 0 Å². The van der Waals surface area contributed by atoms with Crippen LogP contribution in [0.1, 0.15) is 45.4 Å². The number of fused-ring (bicyclic) bond motifs is 1. The molecule has 6 N–H and O–H groups in total. The van der Waals surface area contributed by atoms with Gasteiger partial charge < -0.3 is 39.3 Å². The number of anilines is 1. The Hall–Kier alpha value is -1.69. The fraction of sp³-hybridized carbons (Fsp3) is 0.579. The predicted molar refractivity (Wildman–Crippen MR) is 132 cm³/mol. The Bertz CT molecular complexity index is 1350. The summed E-state index contributed by atoms with van der Waals surface area (Å²) in [5.74, 6) is 6.36. The van der Waals surface area contributed by atoms with Crippen LogP contribution >= 0.6 is 23.5 Å². The molecule has 3 unspecified atom stereocenters. The van der Waals surface area contributed by atoms with E-state index >= 15 is 0 Å². The molecular weight excluding hydrogens is 569 g/mol. The number of nitrogens with two attached hydrogens (primary N) is 1. The Balaban J connectivity index is 1.83. The molecule has 2 aromatic rings. The smallest absolute Gasteiger partial charge is 0.383 e. The second-order valence-corrected chi connectivity index (χ2v) is 13.0. The zero-order valence-corrected chi connectivity index (χ0v) is 23.3. The molecule has 1 fully saturated rings. The largest absolute Gasteiger partial charge is 0.490 e. The van der Waals surface area contributed by atoms with Crippen LogP contribution < -0.4 is 5.73 Å². The summed E-state index contributed by atoms with van der Waals surface area (Å²) in [5.41, 5.74) is 7.09. The number of phosphoric ester groups is 1. The van der Waals surface area contributed by atoms with Gasteiger partial charge in [0, 0.05) is 25.6 Å². The normalized spacial score (nSPS) is 23.2. The van der Waals surface area contributed by atoms with Gasteiger partial charge in [0.2, 0.25) is 0 Å². The van der Waals surface area contributed by atoms with Gasteiger partial charge in [-0.3, -0.25) is 4.52 Å². The Labute approximate surface area is 217 Å². The van der Waals surface area contributed by atoms with Gasteiger partial charge in [0.25, 0.3) is 0 Å². The third kappa shape index (κ3) is 8.40. The maximum absolute atomic E-state index is 12.2. The zero-order valence-electron chi connectivity index (χ0n) is 20.6. The van der Waals surface area contributed by atoms with Crippen LogP contribution in [-0.2, 0) is 36.3 Å². The highest BCUT2D eigenvalue weighted by Gasteiger charge is 2.43. The fourth-order valence-corrected chi connectivity index (χ4v) is 6.62. The topological polar surface area (TPSA) is 235 Å². The minimum Gasteiger partial charge on any atom is -0.383 e. The lowest BCUT2D eigenvalue weighted by Crippen LogP contribution is -2.30. The first-order chi connectivity index (χ1) is 17.6. The summed E-state index contributed by atoms with van der Waals surface area (Å²) < 4.78 is 60.6. The number of aromatic nitrogens is 3. The zero-order chi connectivity index (χ0) is 28.3. The van der Waals surface area contributed by atoms with Crippen molar-refractivity contribution in [2.45, 2.75) is 52.0 Å². The standard InChI is InChI=1S/C19H29N4O12P3/c1-4-5-6-13-8-23(19-17(13)18(20)21-11-22-19)16-7-14(31-9-12(2)3)15(33-16)10-32-37(27,28)35-38(29,30)34-36(24,25)26/h8,11-12,14-16H,4,7,9-10H2,1-3H3,(H,27,28)(H,29,30)(H2,20,21,22)(H2,24,25,26)/t14?,15-,16-/m1/s1. The van der Waals surface area contributed by atoms with Gasteiger partial charge in [0.15, 0.2) is 0 Å². The number of nitrogen functional groups attached to an aromatic ring is 1. The first-order valence-electron chi connectivity index (χ1n) is 11.3. The van der Waals surface area contributed by atoms with Gasteiger partial charge in [-0.1, -0.05) is 32.6 Å². The molecular formula is C19H29N4O12P3. The number of nitrogens with zero attached hydrogens (tertiary/aromatic N) is 3. The van der Waals surface area contributed by atoms with Gasteiger partial charge >= 0.3 is 23.5 Å². The molecule has 0 amide bonds. The van der Waals surface area contributed by atoms with Gasteiger partial charge in [-0.05, 0) is 5.92 Å². The molecule has 0 spiro atoms. The molecule has 3 rings (SSSR count). The van der Waals surface area contributed by atoms with E-state index in [2.05, 4.69) is 30.4 Å². The minimum atomic E-state index is -5.65. The van der Waals surface area contributed by atoms with Crippen LogP contribution in [-0.4, -0.2) is 59.5 Å². The van der Waals surface area contributed by atoms with Crippen LogP contribution in [0.2, 0.25) is 0 Å². The minimum absolute atomic E-state index is 0.142. The van der Waals surface area contributed by atoms with E-state index in [9.17, 15) is 23.5 Å². The van der Waals surface area contributed by atoms with Crippen molar-refractivity contribution in [3.63, 3.8) is 0 Å². The Morgan fingerprint density at radius 1 is 1.18 bits per heavy atom. The van der Waals surface area contributed by atoms with Crippen LogP contribution in [0.5, 0.6) is 0 Å². The van der Waals surface area contributed by atoms with Crippen LogP contribution in [0.15, 0.2) is 12.5 Å². The third-order valence-corrected chi connectivity index (χ3v) is 8.79. The highest BCUT2D eigenvalue weighted by atomic mass is 31.3. The van der Waals surface area contributed by atoms with E-state index in [1.807, 2.05) is 20.8 Å². The third-order valence-electron chi connectivity index (χ3n) is 4.99. The molecule has 3 heterocycles. The summed E-state index contributed by atoms with van der Waals surface area (Å²) in [5, 5.41) is 0.536. The van der Waals surface area contributed by atoms with Crippen molar-refractivity contribution in [2.75, 3.05) is 18.9 Å². The van der Waals surface area contributed by atoms with Crippen molar-refractivity contribution in [2.24, 2.45) is 5.92 Å². The molecule has 212 valence electrons. The molecule has 19 heteroatoms. The van der Waals surface area contributed by atoms with Crippen LogP contribution in [0.25, 0.3) is 11.0 Å². The summed E-state index contributed by atoms with van der Waals surface area (Å²) in [7, 11) is -16.5. The summed E-state index contributed by atoms with van der Waals surface area (Å²) in [6, 6.07) is 0. The molecule has 1 aliphatic heterocycles. The van der Waals surface area contributed by atoms with Crippen molar-refractivity contribution >= 4 is 40.3 Å². The van der Waals surface area contributed by atoms with E-state index in [0.29, 0.717) is 29.6 Å². The molecule has 0 saturated carbocycles. The van der Waals surface area contributed by atoms with Crippen molar-refractivity contribution in [3.05, 3.63) is 18.1 Å². The molecule has 38 heavy (non-hydrogen) atoms. The lowest BCUT2D eigenvalue weighted by Gasteiger charge is -2.21. The molecule has 2 aromatic heterocycles. The van der Waals surface area contributed by atoms with Gasteiger partial charge in [-0.2, -0.15) is 8.62 Å². The second-order valence-electron chi connectivity index (χ2n) is 8.58. The first-order valence-corrected chi connectivity index (χ1v) is 15.8. The molecule has 16 nitrogen and oxygen atoms in total. The number of phosphoric acid groups is 3. The molecule has 5 atom stereocenters. The second kappa shape index (κ2) is 12.2. The van der Waals surface area contributed by atoms with Crippen LogP contribution in [0, 0.1) is 17.8 Å². The maximum Gasteiger partial charge on any atom is 0.490 e. The lowest BCUT2D eigenvalue weighted by atomic mass is 10.1. The van der Waals surface area contributed by atoms with E-state index < -0.39 is 48.5 Å². The average Bonchev–Trinajstić information content (AvgIpc) is 3.34. The highest BCUT2D eigenvalue weighted by molar-refractivity contribution is 7.66. The summed E-state index contributed by atoms with van der Waals surface area (Å²) in [4.78, 5) is 44.9. The summed E-state index contributed by atoms with van der Waals surface area (Å²) in [6.45, 7) is 5.41. The average molecular weight is 598 g/mol. The van der Waals surface area contributed by atoms with Crippen molar-refractivity contribution in [1.82, 2.24) is 14.5 Å².